The van der Waals surface area contributed by atoms with E-state index in [0.29, 0.717) is 0 Å². The second-order valence-electron chi connectivity index (χ2n) is 2.78. The van der Waals surface area contributed by atoms with Gasteiger partial charge >= 0.3 is 21.2 Å². The molecule has 17 heavy (non-hydrogen) atoms. The number of nitrogens with zero attached hydrogens (tertiary/aromatic N) is 2. The maximum absolute atomic E-state index is 12.2. The highest BCUT2D eigenvalue weighted by Crippen LogP contribution is 2.40. The molecule has 1 aromatic rings. The Bertz CT molecular complexity index is 550. The summed E-state index contributed by atoms with van der Waals surface area (Å²) in [5.41, 5.74) is -5.86. The molecule has 0 atom stereocenters. The van der Waals surface area contributed by atoms with Crippen LogP contribution in [0.4, 0.5) is 13.2 Å². The zero-order chi connectivity index (χ0) is 13.3. The second-order valence-corrected chi connectivity index (χ2v) is 6.02. The monoisotopic (exact) mass is 286 g/mol. The van der Waals surface area contributed by atoms with Gasteiger partial charge < -0.3 is 4.85 Å². The van der Waals surface area contributed by atoms with Crippen molar-refractivity contribution < 1.29 is 26.5 Å². The first-order valence-electron chi connectivity index (χ1n) is 3.80. The van der Waals surface area contributed by atoms with Crippen molar-refractivity contribution in [3.05, 3.63) is 33.8 Å². The summed E-state index contributed by atoms with van der Waals surface area (Å²) in [5.74, 6) is -0.973. The minimum Gasteiger partial charge on any atom is -0.359 e. The standard InChI is InChI=1S/C7H5F3N2O3S2/c1-11-6(5-3-2-4-16-5)12-17(13,14,15)7(8,9)10/h2-4H,(H2,13,14,15)/b12-6-. The van der Waals surface area contributed by atoms with E-state index in [9.17, 15) is 17.4 Å². The lowest BCUT2D eigenvalue weighted by molar-refractivity contribution is -0.0644. The Morgan fingerprint density at radius 2 is 2.12 bits per heavy atom. The van der Waals surface area contributed by atoms with E-state index in [2.05, 4.69) is 9.24 Å². The lowest BCUT2D eigenvalue weighted by Gasteiger charge is -2.23. The van der Waals surface area contributed by atoms with Crippen LogP contribution in [0.5, 0.6) is 0 Å². The predicted molar refractivity (Wildman–Crippen MR) is 56.9 cm³/mol. The summed E-state index contributed by atoms with van der Waals surface area (Å²) in [6, 6.07) is 2.65. The van der Waals surface area contributed by atoms with Crippen LogP contribution in [0.25, 0.3) is 4.85 Å². The van der Waals surface area contributed by atoms with E-state index in [4.69, 9.17) is 15.7 Å². The zero-order valence-corrected chi connectivity index (χ0v) is 9.51. The molecule has 0 fully saturated rings. The number of rotatable bonds is 2. The summed E-state index contributed by atoms with van der Waals surface area (Å²) in [6.07, 6.45) is 0. The molecule has 94 valence electrons. The third kappa shape index (κ3) is 2.70. The predicted octanol–water partition coefficient (Wildman–Crippen LogP) is 2.61. The Morgan fingerprint density at radius 3 is 2.47 bits per heavy atom. The van der Waals surface area contributed by atoms with Crippen molar-refractivity contribution >= 4 is 27.0 Å². The zero-order valence-electron chi connectivity index (χ0n) is 7.88. The molecule has 1 aromatic heterocycles. The van der Waals surface area contributed by atoms with Gasteiger partial charge in [-0.25, -0.2) is 0 Å². The van der Waals surface area contributed by atoms with Crippen molar-refractivity contribution in [2.24, 2.45) is 4.40 Å². The van der Waals surface area contributed by atoms with Gasteiger partial charge in [-0.1, -0.05) is 18.7 Å². The molecule has 0 aliphatic carbocycles. The normalized spacial score (nSPS) is 16.0. The number of hydrogen-bond acceptors (Lipinski definition) is 2. The highest BCUT2D eigenvalue weighted by molar-refractivity contribution is 8.09. The molecule has 0 spiro atoms. The number of hydrogen-bond donors (Lipinski definition) is 2. The maximum Gasteiger partial charge on any atom is 0.533 e. The van der Waals surface area contributed by atoms with E-state index in [1.807, 2.05) is 0 Å². The van der Waals surface area contributed by atoms with E-state index in [1.54, 1.807) is 0 Å². The summed E-state index contributed by atoms with van der Waals surface area (Å²) < 4.78 is 67.1. The van der Waals surface area contributed by atoms with Crippen LogP contribution in [-0.4, -0.2) is 24.7 Å². The van der Waals surface area contributed by atoms with Crippen molar-refractivity contribution in [2.45, 2.75) is 5.51 Å². The molecule has 1 rings (SSSR count). The average molecular weight is 286 g/mol. The molecule has 0 aliphatic heterocycles. The molecular weight excluding hydrogens is 281 g/mol. The Kier molecular flexibility index (Phi) is 3.15. The van der Waals surface area contributed by atoms with Gasteiger partial charge in [0.05, 0.1) is 4.88 Å². The summed E-state index contributed by atoms with van der Waals surface area (Å²) in [6.45, 7) is 6.60. The molecule has 0 aromatic carbocycles. The summed E-state index contributed by atoms with van der Waals surface area (Å²) in [7, 11) is -7.22. The largest absolute Gasteiger partial charge is 0.533 e. The number of thiophene rings is 1. The van der Waals surface area contributed by atoms with Gasteiger partial charge in [0, 0.05) is 0 Å². The van der Waals surface area contributed by atoms with Crippen LogP contribution in [-0.2, 0) is 9.81 Å². The molecule has 0 saturated carbocycles. The quantitative estimate of drug-likeness (QED) is 0.498. The second kappa shape index (κ2) is 3.88. The van der Waals surface area contributed by atoms with E-state index in [-0.39, 0.29) is 4.88 Å². The molecule has 0 saturated heterocycles. The summed E-state index contributed by atoms with van der Waals surface area (Å²) >= 11 is 0.850. The van der Waals surface area contributed by atoms with E-state index in [1.165, 1.54) is 17.5 Å². The van der Waals surface area contributed by atoms with Crippen LogP contribution in [0.3, 0.4) is 0 Å². The van der Waals surface area contributed by atoms with Crippen LogP contribution >= 0.6 is 11.3 Å². The average Bonchev–Trinajstić information content (AvgIpc) is 2.64. The van der Waals surface area contributed by atoms with Gasteiger partial charge in [0.1, 0.15) is 0 Å². The van der Waals surface area contributed by atoms with Crippen molar-refractivity contribution in [1.29, 1.82) is 0 Å². The van der Waals surface area contributed by atoms with Crippen LogP contribution in [0, 0.1) is 6.57 Å². The van der Waals surface area contributed by atoms with Gasteiger partial charge in [-0.05, 0) is 9.78 Å². The molecule has 0 aliphatic rings. The molecular formula is C7H5F3N2O3S2. The first-order chi connectivity index (χ1) is 7.55. The fourth-order valence-corrected chi connectivity index (χ4v) is 2.00. The Morgan fingerprint density at radius 1 is 1.53 bits per heavy atom. The fourth-order valence-electron chi connectivity index (χ4n) is 0.734. The van der Waals surface area contributed by atoms with E-state index >= 15 is 0 Å². The van der Waals surface area contributed by atoms with E-state index < -0.39 is 21.2 Å². The van der Waals surface area contributed by atoms with Crippen LogP contribution in [0.1, 0.15) is 4.88 Å². The number of halogens is 3. The van der Waals surface area contributed by atoms with Gasteiger partial charge in [-0.15, -0.1) is 0 Å². The van der Waals surface area contributed by atoms with Gasteiger partial charge in [-0.2, -0.15) is 28.7 Å². The molecule has 0 amide bonds. The summed E-state index contributed by atoms with van der Waals surface area (Å²) in [4.78, 5) is 2.54. The van der Waals surface area contributed by atoms with Gasteiger partial charge in [0.15, 0.2) is 0 Å². The SMILES string of the molecule is [C-]#[N+]/C(=N\S(=O)(O)(O)C(F)(F)F)c1cccs1. The minimum atomic E-state index is -7.22. The van der Waals surface area contributed by atoms with E-state index in [0.717, 1.165) is 11.3 Å². The van der Waals surface area contributed by atoms with Crippen LogP contribution in [0.2, 0.25) is 0 Å². The number of amidine groups is 1. The smallest absolute Gasteiger partial charge is 0.359 e. The van der Waals surface area contributed by atoms with Crippen molar-refractivity contribution in [3.8, 4) is 0 Å². The molecule has 10 heteroatoms. The maximum atomic E-state index is 12.2. The highest BCUT2D eigenvalue weighted by Gasteiger charge is 2.63. The lowest BCUT2D eigenvalue weighted by Crippen LogP contribution is -2.45. The highest BCUT2D eigenvalue weighted by atomic mass is 32.3. The van der Waals surface area contributed by atoms with Crippen molar-refractivity contribution in [1.82, 2.24) is 0 Å². The fraction of sp³-hybridized carbons (Fsp3) is 0.143. The topological polar surface area (TPSA) is 74.2 Å². The third-order valence-corrected chi connectivity index (χ3v) is 3.68. The molecule has 0 bridgehead atoms. The molecule has 0 unspecified atom stereocenters. The molecule has 5 nitrogen and oxygen atoms in total. The van der Waals surface area contributed by atoms with Crippen molar-refractivity contribution in [3.63, 3.8) is 0 Å². The first-order valence-corrected chi connectivity index (χ1v) is 6.52. The Hall–Kier alpha value is -1.28. The van der Waals surface area contributed by atoms with Crippen molar-refractivity contribution in [2.75, 3.05) is 0 Å². The van der Waals surface area contributed by atoms with Gasteiger partial charge in [-0.3, -0.25) is 9.11 Å². The minimum absolute atomic E-state index is 0.0498. The number of alkyl halides is 3. The van der Waals surface area contributed by atoms with Gasteiger partial charge in [0.2, 0.25) is 0 Å². The van der Waals surface area contributed by atoms with Crippen LogP contribution < -0.4 is 0 Å². The molecule has 0 radical (unpaired) electrons. The molecule has 2 N–H and O–H groups in total. The lowest BCUT2D eigenvalue weighted by atomic mass is 10.4. The van der Waals surface area contributed by atoms with Crippen LogP contribution in [0.15, 0.2) is 21.9 Å². The Balaban J connectivity index is 3.38. The molecule has 1 heterocycles. The first kappa shape index (κ1) is 13.8. The third-order valence-electron chi connectivity index (χ3n) is 1.50. The van der Waals surface area contributed by atoms with Gasteiger partial charge in [0.25, 0.3) is 0 Å². The summed E-state index contributed by atoms with van der Waals surface area (Å²) in [5, 5.41) is 1.44. The Labute approximate surface area is 97.6 Å².